The van der Waals surface area contributed by atoms with Gasteiger partial charge in [0.2, 0.25) is 0 Å². The summed E-state index contributed by atoms with van der Waals surface area (Å²) in [6.07, 6.45) is 1.60. The van der Waals surface area contributed by atoms with Crippen LogP contribution in [0.3, 0.4) is 0 Å². The van der Waals surface area contributed by atoms with Crippen LogP contribution in [-0.4, -0.2) is 5.16 Å². The molecule has 4 heteroatoms. The van der Waals surface area contributed by atoms with E-state index < -0.39 is 0 Å². The third-order valence-electron chi connectivity index (χ3n) is 3.06. The number of hydrogen-bond donors (Lipinski definition) is 1. The molecular formula is C15H14N2O2. The minimum absolute atomic E-state index is 0.353. The van der Waals surface area contributed by atoms with Crippen molar-refractivity contribution in [3.63, 3.8) is 0 Å². The van der Waals surface area contributed by atoms with E-state index in [0.717, 1.165) is 22.1 Å². The summed E-state index contributed by atoms with van der Waals surface area (Å²) in [5, 5.41) is 5.93. The zero-order valence-electron chi connectivity index (χ0n) is 10.4. The Balaban J connectivity index is 1.94. The normalized spacial score (nSPS) is 10.8. The van der Waals surface area contributed by atoms with Gasteiger partial charge in [0, 0.05) is 18.2 Å². The summed E-state index contributed by atoms with van der Waals surface area (Å²) in [6, 6.07) is 13.9. The molecule has 4 nitrogen and oxygen atoms in total. The first-order valence-corrected chi connectivity index (χ1v) is 6.11. The van der Waals surface area contributed by atoms with Gasteiger partial charge in [0.05, 0.1) is 6.20 Å². The number of ether oxygens (including phenoxy) is 1. The van der Waals surface area contributed by atoms with Crippen LogP contribution in [0.1, 0.15) is 11.3 Å². The molecule has 0 aliphatic carbocycles. The summed E-state index contributed by atoms with van der Waals surface area (Å²) < 4.78 is 10.8. The third kappa shape index (κ3) is 2.30. The lowest BCUT2D eigenvalue weighted by molar-refractivity contribution is 0.248. The lowest BCUT2D eigenvalue weighted by Gasteiger charge is -2.12. The number of nitrogens with zero attached hydrogens (tertiary/aromatic N) is 1. The Hall–Kier alpha value is -2.33. The van der Waals surface area contributed by atoms with Gasteiger partial charge in [0.15, 0.2) is 5.76 Å². The fraction of sp³-hybridized carbons (Fsp3) is 0.133. The van der Waals surface area contributed by atoms with E-state index in [1.54, 1.807) is 12.3 Å². The van der Waals surface area contributed by atoms with Crippen molar-refractivity contribution in [2.75, 3.05) is 0 Å². The van der Waals surface area contributed by atoms with Gasteiger partial charge in [-0.1, -0.05) is 35.5 Å². The molecule has 0 fully saturated rings. The topological polar surface area (TPSA) is 61.3 Å². The molecule has 3 aromatic rings. The van der Waals surface area contributed by atoms with Crippen LogP contribution in [0.2, 0.25) is 0 Å². The second-order valence-electron chi connectivity index (χ2n) is 4.23. The molecule has 0 bridgehead atoms. The number of nitrogens with two attached hydrogens (primary N) is 1. The maximum atomic E-state index is 5.85. The van der Waals surface area contributed by atoms with Crippen LogP contribution in [0.5, 0.6) is 5.75 Å². The monoisotopic (exact) mass is 254 g/mol. The Morgan fingerprint density at radius 2 is 2.00 bits per heavy atom. The van der Waals surface area contributed by atoms with Gasteiger partial charge >= 0.3 is 0 Å². The number of hydrogen-bond acceptors (Lipinski definition) is 4. The number of aromatic nitrogens is 1. The Morgan fingerprint density at radius 3 is 2.79 bits per heavy atom. The molecule has 0 aliphatic heterocycles. The van der Waals surface area contributed by atoms with E-state index in [0.29, 0.717) is 18.9 Å². The summed E-state index contributed by atoms with van der Waals surface area (Å²) in [6.45, 7) is 0.790. The van der Waals surface area contributed by atoms with Crippen LogP contribution < -0.4 is 10.5 Å². The van der Waals surface area contributed by atoms with Crippen molar-refractivity contribution in [1.29, 1.82) is 0 Å². The number of benzene rings is 2. The summed E-state index contributed by atoms with van der Waals surface area (Å²) in [7, 11) is 0. The molecule has 1 aromatic heterocycles. The molecule has 0 amide bonds. The fourth-order valence-electron chi connectivity index (χ4n) is 2.13. The highest BCUT2D eigenvalue weighted by Crippen LogP contribution is 2.28. The molecule has 0 saturated carbocycles. The molecule has 0 aliphatic rings. The van der Waals surface area contributed by atoms with Crippen LogP contribution in [0.25, 0.3) is 10.8 Å². The van der Waals surface area contributed by atoms with E-state index in [1.165, 1.54) is 0 Å². The maximum absolute atomic E-state index is 5.85. The standard InChI is InChI=1S/C15H14N2O2/c16-9-14-13-4-2-1-3-11(13)5-6-15(14)18-10-12-7-8-17-19-12/h1-8H,9-10,16H2. The first kappa shape index (κ1) is 11.7. The van der Waals surface area contributed by atoms with Crippen molar-refractivity contribution in [3.05, 3.63) is 60.0 Å². The summed E-state index contributed by atoms with van der Waals surface area (Å²) in [5.74, 6) is 1.48. The summed E-state index contributed by atoms with van der Waals surface area (Å²) in [5.41, 5.74) is 6.86. The van der Waals surface area contributed by atoms with Crippen molar-refractivity contribution >= 4 is 10.8 Å². The average molecular weight is 254 g/mol. The summed E-state index contributed by atoms with van der Waals surface area (Å²) in [4.78, 5) is 0. The predicted molar refractivity (Wildman–Crippen MR) is 72.7 cm³/mol. The highest BCUT2D eigenvalue weighted by Gasteiger charge is 2.08. The van der Waals surface area contributed by atoms with Crippen LogP contribution in [0, 0.1) is 0 Å². The molecule has 0 unspecified atom stereocenters. The second kappa shape index (κ2) is 5.12. The van der Waals surface area contributed by atoms with Gasteiger partial charge in [-0.15, -0.1) is 0 Å². The van der Waals surface area contributed by atoms with Crippen LogP contribution >= 0.6 is 0 Å². The highest BCUT2D eigenvalue weighted by molar-refractivity contribution is 5.87. The van der Waals surface area contributed by atoms with Crippen LogP contribution in [0.15, 0.2) is 53.2 Å². The lowest BCUT2D eigenvalue weighted by Crippen LogP contribution is -2.03. The molecule has 0 atom stereocenters. The van der Waals surface area contributed by atoms with E-state index in [4.69, 9.17) is 15.0 Å². The van der Waals surface area contributed by atoms with Crippen molar-refractivity contribution in [2.45, 2.75) is 13.2 Å². The maximum Gasteiger partial charge on any atom is 0.174 e. The largest absolute Gasteiger partial charge is 0.485 e. The minimum atomic E-state index is 0.353. The molecule has 1 heterocycles. The Bertz CT molecular complexity index is 678. The molecule has 96 valence electrons. The minimum Gasteiger partial charge on any atom is -0.485 e. The molecular weight excluding hydrogens is 240 g/mol. The smallest absolute Gasteiger partial charge is 0.174 e. The zero-order valence-corrected chi connectivity index (χ0v) is 10.4. The number of fused-ring (bicyclic) bond motifs is 1. The van der Waals surface area contributed by atoms with Gasteiger partial charge in [0.25, 0.3) is 0 Å². The molecule has 3 rings (SSSR count). The molecule has 0 saturated heterocycles. The molecule has 0 spiro atoms. The van der Waals surface area contributed by atoms with E-state index in [2.05, 4.69) is 17.3 Å². The first-order chi connectivity index (χ1) is 9.38. The van der Waals surface area contributed by atoms with Crippen LogP contribution in [0.4, 0.5) is 0 Å². The zero-order chi connectivity index (χ0) is 13.1. The lowest BCUT2D eigenvalue weighted by atomic mass is 10.0. The van der Waals surface area contributed by atoms with Gasteiger partial charge in [0.1, 0.15) is 12.4 Å². The summed E-state index contributed by atoms with van der Waals surface area (Å²) >= 11 is 0. The third-order valence-corrected chi connectivity index (χ3v) is 3.06. The Morgan fingerprint density at radius 1 is 1.11 bits per heavy atom. The van der Waals surface area contributed by atoms with Crippen molar-refractivity contribution in [1.82, 2.24) is 5.16 Å². The molecule has 2 N–H and O–H groups in total. The number of rotatable bonds is 4. The molecule has 0 radical (unpaired) electrons. The van der Waals surface area contributed by atoms with E-state index in [9.17, 15) is 0 Å². The van der Waals surface area contributed by atoms with Gasteiger partial charge in [-0.2, -0.15) is 0 Å². The van der Waals surface area contributed by atoms with E-state index in [-0.39, 0.29) is 0 Å². The first-order valence-electron chi connectivity index (χ1n) is 6.11. The quantitative estimate of drug-likeness (QED) is 0.777. The Kier molecular flexibility index (Phi) is 3.16. The van der Waals surface area contributed by atoms with Crippen molar-refractivity contribution in [2.24, 2.45) is 5.73 Å². The molecule has 19 heavy (non-hydrogen) atoms. The molecule has 2 aromatic carbocycles. The van der Waals surface area contributed by atoms with Crippen LogP contribution in [-0.2, 0) is 13.2 Å². The van der Waals surface area contributed by atoms with E-state index >= 15 is 0 Å². The second-order valence-corrected chi connectivity index (χ2v) is 4.23. The van der Waals surface area contributed by atoms with Gasteiger partial charge in [-0.05, 0) is 16.8 Å². The SMILES string of the molecule is NCc1c(OCc2ccno2)ccc2ccccc12. The van der Waals surface area contributed by atoms with Gasteiger partial charge < -0.3 is 15.0 Å². The van der Waals surface area contributed by atoms with Gasteiger partial charge in [-0.25, -0.2) is 0 Å². The van der Waals surface area contributed by atoms with Crippen molar-refractivity contribution < 1.29 is 9.26 Å². The van der Waals surface area contributed by atoms with E-state index in [1.807, 2.05) is 24.3 Å². The average Bonchev–Trinajstić information content (AvgIpc) is 2.97. The van der Waals surface area contributed by atoms with Crippen molar-refractivity contribution in [3.8, 4) is 5.75 Å². The Labute approximate surface area is 110 Å². The highest BCUT2D eigenvalue weighted by atomic mass is 16.5. The predicted octanol–water partition coefficient (Wildman–Crippen LogP) is 2.87. The fourth-order valence-corrected chi connectivity index (χ4v) is 2.13. The van der Waals surface area contributed by atoms with Gasteiger partial charge in [-0.3, -0.25) is 0 Å².